The van der Waals surface area contributed by atoms with Gasteiger partial charge in [0.25, 0.3) is 0 Å². The molecule has 0 bridgehead atoms. The molecule has 4 N–H and O–H groups in total. The first kappa shape index (κ1) is 23.4. The highest BCUT2D eigenvalue weighted by atomic mass is 19.4. The van der Waals surface area contributed by atoms with Crippen molar-refractivity contribution in [2.45, 2.75) is 44.9 Å². The van der Waals surface area contributed by atoms with E-state index in [-0.39, 0.29) is 19.0 Å². The standard InChI is InChI=1S/C18H24F3N3O4/c1-3-11(2)23-15(26)9-22-17(28)14(24-16(27)10-25)8-12-4-6-13(7-5-12)18(19,20)21/h4-7,11,14,25H,3,8-10H2,1-2H3,(H,22,28)(H,23,26)(H,24,27)/t11-,14+/m0/s1. The molecule has 0 aliphatic heterocycles. The van der Waals surface area contributed by atoms with Gasteiger partial charge in [0.1, 0.15) is 12.6 Å². The van der Waals surface area contributed by atoms with Crippen molar-refractivity contribution >= 4 is 17.7 Å². The van der Waals surface area contributed by atoms with Crippen molar-refractivity contribution in [1.29, 1.82) is 0 Å². The fraction of sp³-hybridized carbons (Fsp3) is 0.500. The fourth-order valence-corrected chi connectivity index (χ4v) is 2.23. The zero-order chi connectivity index (χ0) is 21.3. The molecule has 3 amide bonds. The Morgan fingerprint density at radius 3 is 2.18 bits per heavy atom. The van der Waals surface area contributed by atoms with E-state index in [1.54, 1.807) is 6.92 Å². The molecule has 1 rings (SSSR count). The third kappa shape index (κ3) is 7.95. The van der Waals surface area contributed by atoms with Crippen LogP contribution in [0.1, 0.15) is 31.4 Å². The van der Waals surface area contributed by atoms with E-state index in [0.717, 1.165) is 12.1 Å². The lowest BCUT2D eigenvalue weighted by molar-refractivity contribution is -0.137. The molecule has 0 heterocycles. The Hall–Kier alpha value is -2.62. The van der Waals surface area contributed by atoms with Crippen molar-refractivity contribution in [3.05, 3.63) is 35.4 Å². The molecule has 0 saturated heterocycles. The van der Waals surface area contributed by atoms with Crippen LogP contribution in [0.15, 0.2) is 24.3 Å². The summed E-state index contributed by atoms with van der Waals surface area (Å²) in [5.74, 6) is -1.93. The van der Waals surface area contributed by atoms with Crippen molar-refractivity contribution in [3.8, 4) is 0 Å². The van der Waals surface area contributed by atoms with E-state index in [2.05, 4.69) is 16.0 Å². The molecule has 0 radical (unpaired) electrons. The Morgan fingerprint density at radius 1 is 1.07 bits per heavy atom. The van der Waals surface area contributed by atoms with E-state index in [9.17, 15) is 27.6 Å². The third-order valence-electron chi connectivity index (χ3n) is 3.96. The molecule has 0 aliphatic carbocycles. The molecule has 0 saturated carbocycles. The summed E-state index contributed by atoms with van der Waals surface area (Å²) in [7, 11) is 0. The number of aliphatic hydroxyl groups excluding tert-OH is 1. The van der Waals surface area contributed by atoms with Crippen LogP contribution in [0.3, 0.4) is 0 Å². The van der Waals surface area contributed by atoms with E-state index in [1.807, 2.05) is 6.92 Å². The minimum Gasteiger partial charge on any atom is -0.387 e. The number of alkyl halides is 3. The summed E-state index contributed by atoms with van der Waals surface area (Å²) >= 11 is 0. The topological polar surface area (TPSA) is 108 Å². The molecule has 0 aliphatic rings. The Labute approximate surface area is 160 Å². The second-order valence-corrected chi connectivity index (χ2v) is 6.27. The summed E-state index contributed by atoms with van der Waals surface area (Å²) in [5, 5.41) is 16.2. The summed E-state index contributed by atoms with van der Waals surface area (Å²) in [6.45, 7) is 2.51. The van der Waals surface area contributed by atoms with Gasteiger partial charge in [0.2, 0.25) is 17.7 Å². The second-order valence-electron chi connectivity index (χ2n) is 6.27. The highest BCUT2D eigenvalue weighted by Crippen LogP contribution is 2.29. The van der Waals surface area contributed by atoms with Gasteiger partial charge in [0.05, 0.1) is 12.1 Å². The van der Waals surface area contributed by atoms with Crippen LogP contribution in [0.25, 0.3) is 0 Å². The Morgan fingerprint density at radius 2 is 1.68 bits per heavy atom. The fourth-order valence-electron chi connectivity index (χ4n) is 2.23. The van der Waals surface area contributed by atoms with Crippen LogP contribution in [0.4, 0.5) is 13.2 Å². The zero-order valence-corrected chi connectivity index (χ0v) is 15.6. The van der Waals surface area contributed by atoms with Crippen molar-refractivity contribution in [2.24, 2.45) is 0 Å². The molecule has 2 atom stereocenters. The summed E-state index contributed by atoms with van der Waals surface area (Å²) in [5.41, 5.74) is -0.464. The molecule has 0 aromatic heterocycles. The number of benzene rings is 1. The number of amides is 3. The van der Waals surface area contributed by atoms with Gasteiger partial charge in [0.15, 0.2) is 0 Å². The lowest BCUT2D eigenvalue weighted by Gasteiger charge is -2.19. The monoisotopic (exact) mass is 403 g/mol. The van der Waals surface area contributed by atoms with Crippen molar-refractivity contribution in [2.75, 3.05) is 13.2 Å². The van der Waals surface area contributed by atoms with Gasteiger partial charge in [-0.3, -0.25) is 14.4 Å². The molecule has 156 valence electrons. The number of nitrogens with one attached hydrogen (secondary N) is 3. The highest BCUT2D eigenvalue weighted by molar-refractivity contribution is 5.91. The summed E-state index contributed by atoms with van der Waals surface area (Å²) in [6.07, 6.45) is -3.88. The number of rotatable bonds is 9. The Kier molecular flexibility index (Phi) is 8.90. The second kappa shape index (κ2) is 10.6. The minimum absolute atomic E-state index is 0.0681. The number of hydrogen-bond donors (Lipinski definition) is 4. The summed E-state index contributed by atoms with van der Waals surface area (Å²) < 4.78 is 37.9. The SMILES string of the molecule is CC[C@H](C)NC(=O)CNC(=O)[C@@H](Cc1ccc(C(F)(F)F)cc1)NC(=O)CO. The van der Waals surface area contributed by atoms with E-state index in [4.69, 9.17) is 5.11 Å². The van der Waals surface area contributed by atoms with Gasteiger partial charge in [-0.25, -0.2) is 0 Å². The molecule has 0 unspecified atom stereocenters. The lowest BCUT2D eigenvalue weighted by Crippen LogP contribution is -2.51. The van der Waals surface area contributed by atoms with Gasteiger partial charge in [-0.15, -0.1) is 0 Å². The molecule has 0 fully saturated rings. The van der Waals surface area contributed by atoms with Gasteiger partial charge >= 0.3 is 6.18 Å². The largest absolute Gasteiger partial charge is 0.416 e. The molecule has 7 nitrogen and oxygen atoms in total. The predicted octanol–water partition coefficient (Wildman–Crippen LogP) is 0.756. The Balaban J connectivity index is 2.78. The predicted molar refractivity (Wildman–Crippen MR) is 95.1 cm³/mol. The van der Waals surface area contributed by atoms with E-state index in [0.29, 0.717) is 12.0 Å². The Bertz CT molecular complexity index is 678. The van der Waals surface area contributed by atoms with Crippen LogP contribution in [0.5, 0.6) is 0 Å². The minimum atomic E-state index is -4.48. The van der Waals surface area contributed by atoms with E-state index < -0.39 is 42.1 Å². The van der Waals surface area contributed by atoms with Crippen LogP contribution in [-0.4, -0.2) is 48.1 Å². The van der Waals surface area contributed by atoms with Crippen LogP contribution in [0, 0.1) is 0 Å². The van der Waals surface area contributed by atoms with Crippen LogP contribution < -0.4 is 16.0 Å². The average molecular weight is 403 g/mol. The van der Waals surface area contributed by atoms with Gasteiger partial charge in [-0.2, -0.15) is 13.2 Å². The van der Waals surface area contributed by atoms with Gasteiger partial charge in [0, 0.05) is 12.5 Å². The van der Waals surface area contributed by atoms with Gasteiger partial charge in [-0.05, 0) is 31.0 Å². The summed E-state index contributed by atoms with van der Waals surface area (Å²) in [6, 6.07) is 2.91. The number of carbonyl (C=O) groups excluding carboxylic acids is 3. The first-order valence-electron chi connectivity index (χ1n) is 8.70. The number of hydrogen-bond acceptors (Lipinski definition) is 4. The first-order chi connectivity index (χ1) is 13.1. The number of halogens is 3. The quantitative estimate of drug-likeness (QED) is 0.488. The molecular weight excluding hydrogens is 379 g/mol. The number of aliphatic hydroxyl groups is 1. The number of carbonyl (C=O) groups is 3. The molecule has 1 aromatic carbocycles. The maximum atomic E-state index is 12.6. The highest BCUT2D eigenvalue weighted by Gasteiger charge is 2.30. The van der Waals surface area contributed by atoms with Crippen molar-refractivity contribution in [1.82, 2.24) is 16.0 Å². The molecule has 28 heavy (non-hydrogen) atoms. The van der Waals surface area contributed by atoms with Gasteiger partial charge in [-0.1, -0.05) is 19.1 Å². The molecule has 10 heteroatoms. The maximum Gasteiger partial charge on any atom is 0.416 e. The van der Waals surface area contributed by atoms with Crippen molar-refractivity contribution in [3.63, 3.8) is 0 Å². The van der Waals surface area contributed by atoms with E-state index in [1.165, 1.54) is 12.1 Å². The third-order valence-corrected chi connectivity index (χ3v) is 3.96. The maximum absolute atomic E-state index is 12.6. The van der Waals surface area contributed by atoms with Gasteiger partial charge < -0.3 is 21.1 Å². The summed E-state index contributed by atoms with van der Waals surface area (Å²) in [4.78, 5) is 35.5. The normalized spacial score (nSPS) is 13.4. The lowest BCUT2D eigenvalue weighted by atomic mass is 10.0. The first-order valence-corrected chi connectivity index (χ1v) is 8.70. The van der Waals surface area contributed by atoms with Crippen LogP contribution in [-0.2, 0) is 27.0 Å². The molecular formula is C18H24F3N3O4. The average Bonchev–Trinajstić information content (AvgIpc) is 2.64. The smallest absolute Gasteiger partial charge is 0.387 e. The van der Waals surface area contributed by atoms with Crippen LogP contribution in [0.2, 0.25) is 0 Å². The zero-order valence-electron chi connectivity index (χ0n) is 15.6. The molecule has 1 aromatic rings. The van der Waals surface area contributed by atoms with Crippen LogP contribution >= 0.6 is 0 Å². The van der Waals surface area contributed by atoms with Crippen molar-refractivity contribution < 1.29 is 32.7 Å². The molecule has 0 spiro atoms. The van der Waals surface area contributed by atoms with E-state index >= 15 is 0 Å².